The van der Waals surface area contributed by atoms with Crippen molar-refractivity contribution in [2.24, 2.45) is 0 Å². The standard InChI is InChI=1S/C11H8ClN5O2/c1-18-10-6(5-14-11(15-10)19-2)8-3-7(12)9(4-13)17-16-8/h3,5H,1-2H3. The molecule has 0 aliphatic heterocycles. The first kappa shape index (κ1) is 13.0. The van der Waals surface area contributed by atoms with Crippen molar-refractivity contribution in [3.63, 3.8) is 0 Å². The van der Waals surface area contributed by atoms with Crippen LogP contribution in [0.25, 0.3) is 11.3 Å². The summed E-state index contributed by atoms with van der Waals surface area (Å²) in [5.41, 5.74) is 0.963. The summed E-state index contributed by atoms with van der Waals surface area (Å²) in [5, 5.41) is 16.5. The maximum atomic E-state index is 8.75. The maximum absolute atomic E-state index is 8.75. The summed E-state index contributed by atoms with van der Waals surface area (Å²) in [6, 6.07) is 3.51. The van der Waals surface area contributed by atoms with Crippen LogP contribution in [-0.2, 0) is 0 Å². The van der Waals surface area contributed by atoms with E-state index in [1.165, 1.54) is 26.5 Å². The lowest BCUT2D eigenvalue weighted by molar-refractivity contribution is 0.353. The topological polar surface area (TPSA) is 93.8 Å². The molecule has 0 saturated carbocycles. The molecule has 96 valence electrons. The quantitative estimate of drug-likeness (QED) is 0.838. The molecular formula is C11H8ClN5O2. The number of hydrogen-bond acceptors (Lipinski definition) is 7. The lowest BCUT2D eigenvalue weighted by Gasteiger charge is -2.07. The van der Waals surface area contributed by atoms with Gasteiger partial charge in [0, 0.05) is 6.20 Å². The Hall–Kier alpha value is -2.46. The van der Waals surface area contributed by atoms with Gasteiger partial charge in [-0.25, -0.2) is 4.98 Å². The largest absolute Gasteiger partial charge is 0.480 e. The minimum Gasteiger partial charge on any atom is -0.480 e. The van der Waals surface area contributed by atoms with Crippen molar-refractivity contribution in [3.05, 3.63) is 23.0 Å². The Morgan fingerprint density at radius 3 is 2.63 bits per heavy atom. The van der Waals surface area contributed by atoms with Crippen molar-refractivity contribution in [2.45, 2.75) is 0 Å². The first-order valence-corrected chi connectivity index (χ1v) is 5.46. The van der Waals surface area contributed by atoms with Gasteiger partial charge in [-0.15, -0.1) is 10.2 Å². The highest BCUT2D eigenvalue weighted by molar-refractivity contribution is 6.31. The van der Waals surface area contributed by atoms with Gasteiger partial charge in [0.15, 0.2) is 5.69 Å². The first-order chi connectivity index (χ1) is 9.19. The molecule has 0 unspecified atom stereocenters. The van der Waals surface area contributed by atoms with Crippen molar-refractivity contribution in [1.82, 2.24) is 20.2 Å². The van der Waals surface area contributed by atoms with Gasteiger partial charge in [-0.1, -0.05) is 11.6 Å². The average molecular weight is 278 g/mol. The molecule has 2 heterocycles. The molecule has 0 atom stereocenters. The van der Waals surface area contributed by atoms with Crippen LogP contribution in [0.4, 0.5) is 0 Å². The van der Waals surface area contributed by atoms with Gasteiger partial charge in [-0.05, 0) is 6.07 Å². The van der Waals surface area contributed by atoms with Crippen LogP contribution < -0.4 is 9.47 Å². The summed E-state index contributed by atoms with van der Waals surface area (Å²) >= 11 is 5.90. The van der Waals surface area contributed by atoms with Crippen molar-refractivity contribution in [3.8, 4) is 29.2 Å². The van der Waals surface area contributed by atoms with E-state index in [1.807, 2.05) is 6.07 Å². The minimum absolute atomic E-state index is 0.0545. The van der Waals surface area contributed by atoms with E-state index in [4.69, 9.17) is 26.3 Å². The van der Waals surface area contributed by atoms with E-state index in [0.29, 0.717) is 11.3 Å². The molecule has 0 spiro atoms. The Labute approximate surface area is 113 Å². The Kier molecular flexibility index (Phi) is 3.73. The third-order valence-corrected chi connectivity index (χ3v) is 2.52. The van der Waals surface area contributed by atoms with Gasteiger partial charge in [0.25, 0.3) is 0 Å². The number of ether oxygens (including phenoxy) is 2. The third kappa shape index (κ3) is 2.53. The Morgan fingerprint density at radius 1 is 1.26 bits per heavy atom. The summed E-state index contributed by atoms with van der Waals surface area (Å²) < 4.78 is 10.0. The molecule has 0 aliphatic carbocycles. The molecule has 2 aromatic heterocycles. The van der Waals surface area contributed by atoms with E-state index in [0.717, 1.165) is 0 Å². The van der Waals surface area contributed by atoms with Crippen molar-refractivity contribution < 1.29 is 9.47 Å². The Balaban J connectivity index is 2.53. The molecule has 2 rings (SSSR count). The lowest BCUT2D eigenvalue weighted by atomic mass is 10.2. The molecule has 0 aromatic carbocycles. The fraction of sp³-hybridized carbons (Fsp3) is 0.182. The molecule has 0 bridgehead atoms. The highest BCUT2D eigenvalue weighted by Gasteiger charge is 2.14. The summed E-state index contributed by atoms with van der Waals surface area (Å²) in [6.45, 7) is 0. The molecule has 0 N–H and O–H groups in total. The van der Waals surface area contributed by atoms with Gasteiger partial charge in [-0.3, -0.25) is 0 Å². The second kappa shape index (κ2) is 5.46. The molecule has 0 aliphatic rings. The van der Waals surface area contributed by atoms with E-state index in [9.17, 15) is 0 Å². The molecule has 0 amide bonds. The van der Waals surface area contributed by atoms with Crippen LogP contribution in [0, 0.1) is 11.3 Å². The van der Waals surface area contributed by atoms with Gasteiger partial charge in [-0.2, -0.15) is 10.2 Å². The maximum Gasteiger partial charge on any atom is 0.319 e. The highest BCUT2D eigenvalue weighted by Crippen LogP contribution is 2.28. The number of rotatable bonds is 3. The number of aromatic nitrogens is 4. The van der Waals surface area contributed by atoms with Gasteiger partial charge < -0.3 is 9.47 Å². The lowest BCUT2D eigenvalue weighted by Crippen LogP contribution is -2.00. The molecule has 0 fully saturated rings. The summed E-state index contributed by atoms with van der Waals surface area (Å²) in [5.74, 6) is 0.280. The van der Waals surface area contributed by atoms with Crippen molar-refractivity contribution in [2.75, 3.05) is 14.2 Å². The fourth-order valence-corrected chi connectivity index (χ4v) is 1.54. The smallest absolute Gasteiger partial charge is 0.319 e. The van der Waals surface area contributed by atoms with Crippen LogP contribution in [0.3, 0.4) is 0 Å². The second-order valence-electron chi connectivity index (χ2n) is 3.32. The van der Waals surface area contributed by atoms with Gasteiger partial charge in [0.1, 0.15) is 11.8 Å². The van der Waals surface area contributed by atoms with E-state index >= 15 is 0 Å². The fourth-order valence-electron chi connectivity index (χ4n) is 1.36. The number of halogens is 1. The van der Waals surface area contributed by atoms with Gasteiger partial charge >= 0.3 is 6.01 Å². The summed E-state index contributed by atoms with van der Waals surface area (Å²) in [4.78, 5) is 7.99. The zero-order chi connectivity index (χ0) is 13.8. The zero-order valence-corrected chi connectivity index (χ0v) is 10.8. The summed E-state index contributed by atoms with van der Waals surface area (Å²) in [7, 11) is 2.91. The second-order valence-corrected chi connectivity index (χ2v) is 3.72. The number of nitrogens with zero attached hydrogens (tertiary/aromatic N) is 5. The molecule has 0 radical (unpaired) electrons. The highest BCUT2D eigenvalue weighted by atomic mass is 35.5. The van der Waals surface area contributed by atoms with Crippen LogP contribution in [0.15, 0.2) is 12.3 Å². The van der Waals surface area contributed by atoms with Crippen molar-refractivity contribution >= 4 is 11.6 Å². The van der Waals surface area contributed by atoms with Crippen LogP contribution in [0.2, 0.25) is 5.02 Å². The molecule has 0 saturated heterocycles. The monoisotopic (exact) mass is 277 g/mol. The number of methoxy groups -OCH3 is 2. The normalized spacial score (nSPS) is 9.79. The van der Waals surface area contributed by atoms with E-state index < -0.39 is 0 Å². The van der Waals surface area contributed by atoms with E-state index in [-0.39, 0.29) is 22.6 Å². The Bertz CT molecular complexity index is 656. The number of nitriles is 1. The van der Waals surface area contributed by atoms with Crippen LogP contribution >= 0.6 is 11.6 Å². The molecule has 2 aromatic rings. The van der Waals surface area contributed by atoms with Gasteiger partial charge in [0.2, 0.25) is 5.88 Å². The molecule has 19 heavy (non-hydrogen) atoms. The van der Waals surface area contributed by atoms with Crippen LogP contribution in [-0.4, -0.2) is 34.4 Å². The molecule has 8 heteroatoms. The van der Waals surface area contributed by atoms with Gasteiger partial charge in [0.05, 0.1) is 24.8 Å². The van der Waals surface area contributed by atoms with E-state index in [1.54, 1.807) is 0 Å². The Morgan fingerprint density at radius 2 is 2.05 bits per heavy atom. The predicted molar refractivity (Wildman–Crippen MR) is 65.9 cm³/mol. The summed E-state index contributed by atoms with van der Waals surface area (Å²) in [6.07, 6.45) is 1.48. The average Bonchev–Trinajstić information content (AvgIpc) is 2.46. The SMILES string of the molecule is COc1ncc(-c2cc(Cl)c(C#N)nn2)c(OC)n1. The third-order valence-electron chi connectivity index (χ3n) is 2.24. The zero-order valence-electron chi connectivity index (χ0n) is 10.1. The van der Waals surface area contributed by atoms with Crippen molar-refractivity contribution in [1.29, 1.82) is 5.26 Å². The molecule has 7 nitrogen and oxygen atoms in total. The molecular weight excluding hydrogens is 270 g/mol. The minimum atomic E-state index is 0.0545. The first-order valence-electron chi connectivity index (χ1n) is 5.08. The predicted octanol–water partition coefficient (Wildman–Crippen LogP) is 1.48. The van der Waals surface area contributed by atoms with E-state index in [2.05, 4.69) is 20.2 Å². The van der Waals surface area contributed by atoms with Crippen LogP contribution in [0.1, 0.15) is 5.69 Å². The number of hydrogen-bond donors (Lipinski definition) is 0. The van der Waals surface area contributed by atoms with Crippen LogP contribution in [0.5, 0.6) is 11.9 Å².